The molecule has 1 aliphatic carbocycles. The second-order valence-corrected chi connectivity index (χ2v) is 8.28. The fourth-order valence-electron chi connectivity index (χ4n) is 4.38. The highest BCUT2D eigenvalue weighted by Crippen LogP contribution is 2.38. The molecule has 146 valence electrons. The Kier molecular flexibility index (Phi) is 4.37. The molecule has 3 aliphatic rings. The highest BCUT2D eigenvalue weighted by Gasteiger charge is 2.32. The molecule has 1 aromatic heterocycles. The van der Waals surface area contributed by atoms with E-state index >= 15 is 0 Å². The van der Waals surface area contributed by atoms with Crippen LogP contribution in [0.15, 0.2) is 30.5 Å². The molecule has 28 heavy (non-hydrogen) atoms. The summed E-state index contributed by atoms with van der Waals surface area (Å²) in [5.41, 5.74) is 2.76. The molecular formula is C21H25N5O2. The first-order valence-corrected chi connectivity index (χ1v) is 10.2. The van der Waals surface area contributed by atoms with E-state index in [0.717, 1.165) is 43.7 Å². The van der Waals surface area contributed by atoms with Gasteiger partial charge in [0.1, 0.15) is 0 Å². The molecule has 1 atom stereocenters. The van der Waals surface area contributed by atoms with Crippen molar-refractivity contribution in [1.29, 1.82) is 0 Å². The number of nitrogens with one attached hydrogen (secondary N) is 1. The summed E-state index contributed by atoms with van der Waals surface area (Å²) in [7, 11) is 0. The van der Waals surface area contributed by atoms with Crippen molar-refractivity contribution in [3.05, 3.63) is 47.3 Å². The summed E-state index contributed by atoms with van der Waals surface area (Å²) >= 11 is 0. The van der Waals surface area contributed by atoms with Crippen LogP contribution in [0.2, 0.25) is 0 Å². The Morgan fingerprint density at radius 1 is 1.14 bits per heavy atom. The Morgan fingerprint density at radius 3 is 2.71 bits per heavy atom. The normalized spacial score (nSPS) is 22.2. The predicted molar refractivity (Wildman–Crippen MR) is 103 cm³/mol. The van der Waals surface area contributed by atoms with E-state index in [1.54, 1.807) is 0 Å². The van der Waals surface area contributed by atoms with Crippen molar-refractivity contribution >= 4 is 11.8 Å². The number of fused-ring (bicyclic) bond motifs is 1. The fourth-order valence-corrected chi connectivity index (χ4v) is 4.38. The molecule has 2 aliphatic heterocycles. The number of hydrogen-bond acceptors (Lipinski definition) is 4. The molecule has 0 radical (unpaired) electrons. The smallest absolute Gasteiger partial charge is 0.252 e. The third kappa shape index (κ3) is 3.41. The number of carbonyl (C=O) groups excluding carboxylic acids is 2. The van der Waals surface area contributed by atoms with Gasteiger partial charge in [0.05, 0.1) is 18.2 Å². The minimum atomic E-state index is -0.204. The van der Waals surface area contributed by atoms with E-state index in [1.807, 2.05) is 33.8 Å². The SMILES string of the molecule is O=C1N[C@@H](CC(=O)N2CCC(Cn3cc(C4CC4)nn3)CC2)c2ccccc21. The van der Waals surface area contributed by atoms with Crippen molar-refractivity contribution in [3.63, 3.8) is 0 Å². The van der Waals surface area contributed by atoms with Crippen molar-refractivity contribution in [2.45, 2.75) is 50.6 Å². The molecule has 7 heteroatoms. The number of amides is 2. The van der Waals surface area contributed by atoms with Crippen LogP contribution in [0.3, 0.4) is 0 Å². The minimum Gasteiger partial charge on any atom is -0.345 e. The first kappa shape index (κ1) is 17.4. The number of likely N-dealkylation sites (tertiary alicyclic amines) is 1. The summed E-state index contributed by atoms with van der Waals surface area (Å²) < 4.78 is 1.97. The molecule has 2 aromatic rings. The van der Waals surface area contributed by atoms with Gasteiger partial charge in [0, 0.05) is 37.3 Å². The first-order chi connectivity index (χ1) is 13.7. The molecular weight excluding hydrogens is 354 g/mol. The van der Waals surface area contributed by atoms with E-state index in [0.29, 0.717) is 23.8 Å². The Balaban J connectivity index is 1.13. The van der Waals surface area contributed by atoms with E-state index in [2.05, 4.69) is 21.8 Å². The van der Waals surface area contributed by atoms with Gasteiger partial charge in [-0.3, -0.25) is 14.3 Å². The maximum atomic E-state index is 12.8. The first-order valence-electron chi connectivity index (χ1n) is 10.2. The standard InChI is InChI=1S/C21H25N5O2/c27-20(11-18-16-3-1-2-4-17(16)21(28)22-18)25-9-7-14(8-10-25)12-26-13-19(23-24-26)15-5-6-15/h1-4,13-15,18H,5-12H2,(H,22,28)/t18-/m0/s1. The Labute approximate surface area is 164 Å². The van der Waals surface area contributed by atoms with Crippen molar-refractivity contribution in [2.75, 3.05) is 13.1 Å². The van der Waals surface area contributed by atoms with Crippen LogP contribution in [-0.2, 0) is 11.3 Å². The van der Waals surface area contributed by atoms with E-state index in [9.17, 15) is 9.59 Å². The molecule has 1 saturated heterocycles. The van der Waals surface area contributed by atoms with Crippen LogP contribution < -0.4 is 5.32 Å². The zero-order chi connectivity index (χ0) is 19.1. The maximum absolute atomic E-state index is 12.8. The van der Waals surface area contributed by atoms with Crippen LogP contribution in [0.1, 0.15) is 65.7 Å². The average molecular weight is 379 g/mol. The molecule has 0 spiro atoms. The molecule has 1 aromatic carbocycles. The zero-order valence-corrected chi connectivity index (χ0v) is 15.9. The van der Waals surface area contributed by atoms with Gasteiger partial charge < -0.3 is 10.2 Å². The highest BCUT2D eigenvalue weighted by atomic mass is 16.2. The number of piperidine rings is 1. The zero-order valence-electron chi connectivity index (χ0n) is 15.9. The molecule has 2 fully saturated rings. The van der Waals surface area contributed by atoms with Gasteiger partial charge in [-0.2, -0.15) is 0 Å². The number of carbonyl (C=O) groups is 2. The van der Waals surface area contributed by atoms with Crippen LogP contribution in [-0.4, -0.2) is 44.8 Å². The van der Waals surface area contributed by atoms with Crippen LogP contribution in [0, 0.1) is 5.92 Å². The predicted octanol–water partition coefficient (Wildman–Crippen LogP) is 2.27. The monoisotopic (exact) mass is 379 g/mol. The largest absolute Gasteiger partial charge is 0.345 e. The van der Waals surface area contributed by atoms with E-state index in [-0.39, 0.29) is 17.9 Å². The summed E-state index contributed by atoms with van der Waals surface area (Å²) in [5, 5.41) is 11.5. The van der Waals surface area contributed by atoms with Crippen molar-refractivity contribution in [3.8, 4) is 0 Å². The lowest BCUT2D eigenvalue weighted by molar-refractivity contribution is -0.133. The molecule has 0 bridgehead atoms. The van der Waals surface area contributed by atoms with E-state index in [1.165, 1.54) is 12.8 Å². The Morgan fingerprint density at radius 2 is 1.93 bits per heavy atom. The van der Waals surface area contributed by atoms with Crippen molar-refractivity contribution in [2.24, 2.45) is 5.92 Å². The molecule has 7 nitrogen and oxygen atoms in total. The summed E-state index contributed by atoms with van der Waals surface area (Å²) in [4.78, 5) is 26.8. The Bertz CT molecular complexity index is 896. The van der Waals surface area contributed by atoms with Gasteiger partial charge in [-0.25, -0.2) is 0 Å². The molecule has 2 amide bonds. The summed E-state index contributed by atoms with van der Waals surface area (Å²) in [5.74, 6) is 1.21. The average Bonchev–Trinajstić information content (AvgIpc) is 3.39. The van der Waals surface area contributed by atoms with Crippen LogP contribution >= 0.6 is 0 Å². The number of aromatic nitrogens is 3. The molecule has 5 rings (SSSR count). The molecule has 1 saturated carbocycles. The van der Waals surface area contributed by atoms with E-state index in [4.69, 9.17) is 0 Å². The van der Waals surface area contributed by atoms with Gasteiger partial charge in [0.25, 0.3) is 5.91 Å². The van der Waals surface area contributed by atoms with Crippen molar-refractivity contribution < 1.29 is 9.59 Å². The van der Waals surface area contributed by atoms with Gasteiger partial charge in [-0.05, 0) is 43.2 Å². The van der Waals surface area contributed by atoms with Gasteiger partial charge in [0.2, 0.25) is 5.91 Å². The second-order valence-electron chi connectivity index (χ2n) is 8.28. The minimum absolute atomic E-state index is 0.0782. The number of nitrogens with zero attached hydrogens (tertiary/aromatic N) is 4. The van der Waals surface area contributed by atoms with Crippen LogP contribution in [0.5, 0.6) is 0 Å². The third-order valence-corrected chi connectivity index (χ3v) is 6.23. The second kappa shape index (κ2) is 7.04. The third-order valence-electron chi connectivity index (χ3n) is 6.23. The molecule has 1 N–H and O–H groups in total. The lowest BCUT2D eigenvalue weighted by Crippen LogP contribution is -2.40. The lowest BCUT2D eigenvalue weighted by Gasteiger charge is -2.32. The molecule has 0 unspecified atom stereocenters. The van der Waals surface area contributed by atoms with Gasteiger partial charge in [-0.15, -0.1) is 5.10 Å². The topological polar surface area (TPSA) is 80.1 Å². The number of hydrogen-bond donors (Lipinski definition) is 1. The quantitative estimate of drug-likeness (QED) is 0.864. The highest BCUT2D eigenvalue weighted by molar-refractivity contribution is 5.99. The van der Waals surface area contributed by atoms with Crippen LogP contribution in [0.4, 0.5) is 0 Å². The summed E-state index contributed by atoms with van der Waals surface area (Å²) in [6, 6.07) is 7.33. The maximum Gasteiger partial charge on any atom is 0.252 e. The summed E-state index contributed by atoms with van der Waals surface area (Å²) in [6.07, 6.45) is 6.88. The lowest BCUT2D eigenvalue weighted by atomic mass is 9.96. The summed E-state index contributed by atoms with van der Waals surface area (Å²) in [6.45, 7) is 2.43. The van der Waals surface area contributed by atoms with Crippen LogP contribution in [0.25, 0.3) is 0 Å². The Hall–Kier alpha value is -2.70. The van der Waals surface area contributed by atoms with Gasteiger partial charge in [-0.1, -0.05) is 23.4 Å². The number of rotatable bonds is 5. The van der Waals surface area contributed by atoms with E-state index < -0.39 is 0 Å². The number of benzene rings is 1. The van der Waals surface area contributed by atoms with Gasteiger partial charge in [0.15, 0.2) is 0 Å². The van der Waals surface area contributed by atoms with Crippen molar-refractivity contribution in [1.82, 2.24) is 25.2 Å². The van der Waals surface area contributed by atoms with Gasteiger partial charge >= 0.3 is 0 Å². The fraction of sp³-hybridized carbons (Fsp3) is 0.524. The molecule has 3 heterocycles.